The molecule has 0 aliphatic heterocycles. The molecular weight excluding hydrogens is 309 g/mol. The van der Waals surface area contributed by atoms with Crippen molar-refractivity contribution in [1.29, 1.82) is 0 Å². The van der Waals surface area contributed by atoms with Crippen LogP contribution in [0.25, 0.3) is 0 Å². The molecule has 0 N–H and O–H groups in total. The minimum absolute atomic E-state index is 0.132. The van der Waals surface area contributed by atoms with Crippen LogP contribution in [0.15, 0.2) is 24.3 Å². The highest BCUT2D eigenvalue weighted by molar-refractivity contribution is 9.08. The molecule has 0 spiro atoms. The molecule has 1 aromatic carbocycles. The third-order valence-electron chi connectivity index (χ3n) is 2.89. The van der Waals surface area contributed by atoms with E-state index in [-0.39, 0.29) is 11.4 Å². The lowest BCUT2D eigenvalue weighted by Gasteiger charge is -2.24. The van der Waals surface area contributed by atoms with Gasteiger partial charge in [-0.05, 0) is 32.4 Å². The molecule has 0 amide bonds. The summed E-state index contributed by atoms with van der Waals surface area (Å²) in [6.07, 6.45) is 0.448. The van der Waals surface area contributed by atoms with Gasteiger partial charge in [0.1, 0.15) is 17.5 Å². The third kappa shape index (κ3) is 3.03. The summed E-state index contributed by atoms with van der Waals surface area (Å²) < 4.78 is 15.8. The van der Waals surface area contributed by atoms with Crippen molar-refractivity contribution in [2.24, 2.45) is 0 Å². The topological polar surface area (TPSA) is 30.7 Å². The van der Waals surface area contributed by atoms with E-state index >= 15 is 0 Å². The van der Waals surface area contributed by atoms with Gasteiger partial charge < -0.3 is 4.57 Å². The number of hydrogen-bond acceptors (Lipinski definition) is 2. The Morgan fingerprint density at radius 1 is 1.16 bits per heavy atom. The average molecular weight is 326 g/mol. The average Bonchev–Trinajstić information content (AvgIpc) is 2.75. The minimum Gasteiger partial charge on any atom is -0.309 e. The summed E-state index contributed by atoms with van der Waals surface area (Å²) in [6, 6.07) is 6.78. The van der Waals surface area contributed by atoms with Crippen molar-refractivity contribution in [2.45, 2.75) is 38.1 Å². The zero-order valence-corrected chi connectivity index (χ0v) is 12.9. The second-order valence-electron chi connectivity index (χ2n) is 5.44. The Hall–Kier alpha value is -1.23. The first-order valence-corrected chi connectivity index (χ1v) is 7.28. The van der Waals surface area contributed by atoms with Gasteiger partial charge >= 0.3 is 0 Å². The molecule has 102 valence electrons. The van der Waals surface area contributed by atoms with Gasteiger partial charge in [-0.1, -0.05) is 34.1 Å². The number of benzene rings is 1. The van der Waals surface area contributed by atoms with Crippen molar-refractivity contribution in [1.82, 2.24) is 14.8 Å². The van der Waals surface area contributed by atoms with Crippen molar-refractivity contribution in [3.05, 3.63) is 47.3 Å². The Morgan fingerprint density at radius 3 is 2.37 bits per heavy atom. The molecule has 0 unspecified atom stereocenters. The monoisotopic (exact) mass is 325 g/mol. The summed E-state index contributed by atoms with van der Waals surface area (Å²) >= 11 is 3.42. The van der Waals surface area contributed by atoms with Crippen LogP contribution in [0, 0.1) is 5.82 Å². The van der Waals surface area contributed by atoms with Gasteiger partial charge in [0, 0.05) is 12.0 Å². The highest BCUT2D eigenvalue weighted by atomic mass is 79.9. The van der Waals surface area contributed by atoms with E-state index in [9.17, 15) is 4.39 Å². The molecule has 0 fully saturated rings. The highest BCUT2D eigenvalue weighted by Gasteiger charge is 2.22. The molecule has 1 heterocycles. The third-order valence-corrected chi connectivity index (χ3v) is 3.40. The second kappa shape index (κ2) is 5.41. The number of alkyl halides is 1. The number of hydrogen-bond donors (Lipinski definition) is 0. The zero-order valence-electron chi connectivity index (χ0n) is 11.3. The van der Waals surface area contributed by atoms with Crippen molar-refractivity contribution >= 4 is 15.9 Å². The Labute approximate surface area is 121 Å². The van der Waals surface area contributed by atoms with Gasteiger partial charge in [-0.25, -0.2) is 4.39 Å². The van der Waals surface area contributed by atoms with Gasteiger partial charge in [-0.15, -0.1) is 10.2 Å². The van der Waals surface area contributed by atoms with Crippen molar-refractivity contribution in [2.75, 3.05) is 0 Å². The summed E-state index contributed by atoms with van der Waals surface area (Å²) in [6.45, 7) is 6.27. The molecule has 2 rings (SSSR count). The molecule has 0 saturated heterocycles. The zero-order chi connectivity index (χ0) is 14.0. The van der Waals surface area contributed by atoms with E-state index in [0.29, 0.717) is 17.3 Å². The first-order valence-electron chi connectivity index (χ1n) is 6.16. The molecule has 5 heteroatoms. The normalized spacial score (nSPS) is 11.8. The quantitative estimate of drug-likeness (QED) is 0.806. The predicted molar refractivity (Wildman–Crippen MR) is 76.9 cm³/mol. The molecule has 0 atom stereocenters. The molecule has 0 saturated carbocycles. The molecule has 3 nitrogen and oxygen atoms in total. The summed E-state index contributed by atoms with van der Waals surface area (Å²) in [7, 11) is 0. The second-order valence-corrected chi connectivity index (χ2v) is 6.00. The summed E-state index contributed by atoms with van der Waals surface area (Å²) in [5.74, 6) is 1.44. The van der Waals surface area contributed by atoms with Crippen molar-refractivity contribution in [3.8, 4) is 0 Å². The first-order chi connectivity index (χ1) is 8.93. The lowest BCUT2D eigenvalue weighted by molar-refractivity contribution is 0.375. The van der Waals surface area contributed by atoms with Crippen LogP contribution in [0.2, 0.25) is 0 Å². The van der Waals surface area contributed by atoms with Crippen molar-refractivity contribution in [3.63, 3.8) is 0 Å². The van der Waals surface area contributed by atoms with Crippen LogP contribution in [-0.4, -0.2) is 14.8 Å². The fourth-order valence-corrected chi connectivity index (χ4v) is 2.50. The van der Waals surface area contributed by atoms with Gasteiger partial charge in [0.15, 0.2) is 0 Å². The van der Waals surface area contributed by atoms with E-state index in [1.807, 2.05) is 6.07 Å². The molecule has 0 bridgehead atoms. The molecule has 0 aliphatic rings. The van der Waals surface area contributed by atoms with E-state index in [1.165, 1.54) is 6.07 Å². The van der Waals surface area contributed by atoms with E-state index < -0.39 is 0 Å². The Balaban J connectivity index is 2.42. The van der Waals surface area contributed by atoms with E-state index in [4.69, 9.17) is 0 Å². The van der Waals surface area contributed by atoms with Crippen LogP contribution in [-0.2, 0) is 17.3 Å². The molecule has 0 radical (unpaired) electrons. The Morgan fingerprint density at radius 2 is 1.79 bits per heavy atom. The van der Waals surface area contributed by atoms with Crippen LogP contribution in [0.5, 0.6) is 0 Å². The fraction of sp³-hybridized carbons (Fsp3) is 0.429. The van der Waals surface area contributed by atoms with Gasteiger partial charge in [0.2, 0.25) is 0 Å². The summed E-state index contributed by atoms with van der Waals surface area (Å²) in [4.78, 5) is 0. The standard InChI is InChI=1S/C14H17BrFN3/c1-14(2,3)19-12(17-18-13(19)9-15)8-10-6-4-5-7-11(10)16/h4-7H,8-9H2,1-3H3. The molecule has 2 aromatic rings. The number of aromatic nitrogens is 3. The number of rotatable bonds is 3. The van der Waals surface area contributed by atoms with Gasteiger partial charge in [0.05, 0.1) is 5.33 Å². The summed E-state index contributed by atoms with van der Waals surface area (Å²) in [5, 5.41) is 9.01. The smallest absolute Gasteiger partial charge is 0.144 e. The van der Waals surface area contributed by atoms with Crippen LogP contribution >= 0.6 is 15.9 Å². The van der Waals surface area contributed by atoms with Gasteiger partial charge in [0.25, 0.3) is 0 Å². The predicted octanol–water partition coefficient (Wildman–Crippen LogP) is 3.66. The highest BCUT2D eigenvalue weighted by Crippen LogP contribution is 2.22. The van der Waals surface area contributed by atoms with E-state index in [1.54, 1.807) is 12.1 Å². The summed E-state index contributed by atoms with van der Waals surface area (Å²) in [5.41, 5.74) is 0.509. The van der Waals surface area contributed by atoms with Crippen LogP contribution < -0.4 is 0 Å². The largest absolute Gasteiger partial charge is 0.309 e. The van der Waals surface area contributed by atoms with Gasteiger partial charge in [-0.3, -0.25) is 0 Å². The number of nitrogens with zero attached hydrogens (tertiary/aromatic N) is 3. The van der Waals surface area contributed by atoms with E-state index in [2.05, 4.69) is 51.5 Å². The fourth-order valence-electron chi connectivity index (χ4n) is 2.14. The lowest BCUT2D eigenvalue weighted by Crippen LogP contribution is -2.26. The maximum atomic E-state index is 13.7. The van der Waals surface area contributed by atoms with Crippen LogP contribution in [0.1, 0.15) is 38.0 Å². The molecule has 1 aromatic heterocycles. The Kier molecular flexibility index (Phi) is 4.04. The maximum Gasteiger partial charge on any atom is 0.144 e. The minimum atomic E-state index is -0.202. The van der Waals surface area contributed by atoms with Gasteiger partial charge in [-0.2, -0.15) is 0 Å². The van der Waals surface area contributed by atoms with Crippen LogP contribution in [0.3, 0.4) is 0 Å². The van der Waals surface area contributed by atoms with E-state index in [0.717, 1.165) is 11.6 Å². The molecule has 19 heavy (non-hydrogen) atoms. The number of halogens is 2. The Bertz CT molecular complexity index is 572. The van der Waals surface area contributed by atoms with Crippen molar-refractivity contribution < 1.29 is 4.39 Å². The SMILES string of the molecule is CC(C)(C)n1c(CBr)nnc1Cc1ccccc1F. The first kappa shape index (κ1) is 14.2. The lowest BCUT2D eigenvalue weighted by atomic mass is 10.1. The molecule has 0 aliphatic carbocycles. The maximum absolute atomic E-state index is 13.7. The van der Waals surface area contributed by atoms with Crippen LogP contribution in [0.4, 0.5) is 4.39 Å². The molecular formula is C14H17BrFN3.